The molecule has 0 bridgehead atoms. The Balaban J connectivity index is 1.87. The van der Waals surface area contributed by atoms with E-state index in [0.29, 0.717) is 18.1 Å². The first-order valence-corrected chi connectivity index (χ1v) is 6.81. The summed E-state index contributed by atoms with van der Waals surface area (Å²) in [5.41, 5.74) is 1.63. The summed E-state index contributed by atoms with van der Waals surface area (Å²) in [7, 11) is 0. The van der Waals surface area contributed by atoms with Gasteiger partial charge in [-0.25, -0.2) is 0 Å². The van der Waals surface area contributed by atoms with Crippen LogP contribution in [0.5, 0.6) is 0 Å². The van der Waals surface area contributed by atoms with E-state index in [9.17, 15) is 15.2 Å². The summed E-state index contributed by atoms with van der Waals surface area (Å²) in [5, 5.41) is 24.4. The van der Waals surface area contributed by atoms with E-state index in [1.165, 1.54) is 12.1 Å². The molecule has 2 N–H and O–H groups in total. The molecule has 2 aromatic carbocycles. The number of nitrogens with one attached hydrogen (secondary N) is 1. The zero-order valence-corrected chi connectivity index (χ0v) is 12.0. The number of hydrogen-bond donors (Lipinski definition) is 2. The van der Waals surface area contributed by atoms with Crippen LogP contribution in [-0.2, 0) is 6.54 Å². The monoisotopic (exact) mass is 306 g/mol. The van der Waals surface area contributed by atoms with Gasteiger partial charge in [0.1, 0.15) is 0 Å². The SMILES string of the molecule is O=[N+]([O-])c1cccc(CNCC(O)c2ccc(Cl)cc2)c1. The molecule has 0 aromatic heterocycles. The topological polar surface area (TPSA) is 75.4 Å². The molecule has 2 rings (SSSR count). The van der Waals surface area contributed by atoms with E-state index < -0.39 is 11.0 Å². The minimum absolute atomic E-state index is 0.0625. The molecular weight excluding hydrogens is 292 g/mol. The van der Waals surface area contributed by atoms with Gasteiger partial charge in [-0.1, -0.05) is 35.9 Å². The predicted molar refractivity (Wildman–Crippen MR) is 81.2 cm³/mol. The summed E-state index contributed by atoms with van der Waals surface area (Å²) in [6.07, 6.45) is -0.652. The van der Waals surface area contributed by atoms with Crippen molar-refractivity contribution in [1.29, 1.82) is 0 Å². The van der Waals surface area contributed by atoms with Gasteiger partial charge in [-0.05, 0) is 23.3 Å². The molecule has 0 saturated heterocycles. The van der Waals surface area contributed by atoms with Gasteiger partial charge in [-0.3, -0.25) is 10.1 Å². The summed E-state index contributed by atoms with van der Waals surface area (Å²) >= 11 is 5.79. The molecule has 21 heavy (non-hydrogen) atoms. The standard InChI is InChI=1S/C15H15ClN2O3/c16-13-6-4-12(5-7-13)15(19)10-17-9-11-2-1-3-14(8-11)18(20)21/h1-8,15,17,19H,9-10H2. The van der Waals surface area contributed by atoms with Gasteiger partial charge < -0.3 is 10.4 Å². The minimum atomic E-state index is -0.652. The van der Waals surface area contributed by atoms with Crippen molar-refractivity contribution in [3.05, 3.63) is 74.8 Å². The summed E-state index contributed by atoms with van der Waals surface area (Å²) in [6, 6.07) is 13.4. The van der Waals surface area contributed by atoms with E-state index in [0.717, 1.165) is 11.1 Å². The molecule has 0 aliphatic carbocycles. The molecule has 0 saturated carbocycles. The van der Waals surface area contributed by atoms with Crippen LogP contribution in [-0.4, -0.2) is 16.6 Å². The lowest BCUT2D eigenvalue weighted by atomic mass is 10.1. The molecule has 0 spiro atoms. The molecule has 0 fully saturated rings. The molecule has 6 heteroatoms. The van der Waals surface area contributed by atoms with Crippen molar-refractivity contribution in [2.75, 3.05) is 6.54 Å². The quantitative estimate of drug-likeness (QED) is 0.635. The number of nitrogens with zero attached hydrogens (tertiary/aromatic N) is 1. The summed E-state index contributed by atoms with van der Waals surface area (Å²) in [5.74, 6) is 0. The number of rotatable bonds is 6. The van der Waals surface area contributed by atoms with Gasteiger partial charge in [0, 0.05) is 30.2 Å². The molecule has 0 aliphatic rings. The number of non-ortho nitro benzene ring substituents is 1. The Morgan fingerprint density at radius 2 is 1.95 bits per heavy atom. The van der Waals surface area contributed by atoms with E-state index in [4.69, 9.17) is 11.6 Å². The van der Waals surface area contributed by atoms with E-state index in [2.05, 4.69) is 5.32 Å². The number of nitro benzene ring substituents is 1. The molecule has 0 radical (unpaired) electrons. The highest BCUT2D eigenvalue weighted by Crippen LogP contribution is 2.16. The zero-order chi connectivity index (χ0) is 15.2. The largest absolute Gasteiger partial charge is 0.387 e. The summed E-state index contributed by atoms with van der Waals surface area (Å²) in [4.78, 5) is 10.3. The second-order valence-corrected chi connectivity index (χ2v) is 5.06. The number of aliphatic hydroxyl groups is 1. The van der Waals surface area contributed by atoms with Crippen LogP contribution in [0.15, 0.2) is 48.5 Å². The van der Waals surface area contributed by atoms with Gasteiger partial charge >= 0.3 is 0 Å². The third-order valence-corrected chi connectivity index (χ3v) is 3.29. The number of halogens is 1. The molecule has 0 aliphatic heterocycles. The van der Waals surface area contributed by atoms with Crippen molar-refractivity contribution in [2.24, 2.45) is 0 Å². The van der Waals surface area contributed by atoms with Crippen molar-refractivity contribution in [2.45, 2.75) is 12.6 Å². The van der Waals surface area contributed by atoms with Gasteiger partial charge in [0.25, 0.3) is 5.69 Å². The molecule has 5 nitrogen and oxygen atoms in total. The Hall–Kier alpha value is -1.95. The van der Waals surface area contributed by atoms with Crippen molar-refractivity contribution >= 4 is 17.3 Å². The van der Waals surface area contributed by atoms with Crippen LogP contribution in [0.25, 0.3) is 0 Å². The van der Waals surface area contributed by atoms with E-state index in [-0.39, 0.29) is 5.69 Å². The lowest BCUT2D eigenvalue weighted by Crippen LogP contribution is -2.21. The zero-order valence-electron chi connectivity index (χ0n) is 11.2. The van der Waals surface area contributed by atoms with Crippen LogP contribution in [0.3, 0.4) is 0 Å². The van der Waals surface area contributed by atoms with Crippen LogP contribution in [0.2, 0.25) is 5.02 Å². The number of aliphatic hydroxyl groups excluding tert-OH is 1. The molecular formula is C15H15ClN2O3. The highest BCUT2D eigenvalue weighted by atomic mass is 35.5. The smallest absolute Gasteiger partial charge is 0.269 e. The van der Waals surface area contributed by atoms with Crippen molar-refractivity contribution < 1.29 is 10.0 Å². The predicted octanol–water partition coefficient (Wildman–Crippen LogP) is 3.07. The molecule has 110 valence electrons. The molecule has 1 unspecified atom stereocenters. The Labute approximate surface area is 127 Å². The lowest BCUT2D eigenvalue weighted by Gasteiger charge is -2.12. The van der Waals surface area contributed by atoms with E-state index >= 15 is 0 Å². The first-order valence-electron chi connectivity index (χ1n) is 6.44. The Morgan fingerprint density at radius 3 is 2.62 bits per heavy atom. The minimum Gasteiger partial charge on any atom is -0.387 e. The molecule has 1 atom stereocenters. The van der Waals surface area contributed by atoms with Crippen molar-refractivity contribution in [3.63, 3.8) is 0 Å². The lowest BCUT2D eigenvalue weighted by molar-refractivity contribution is -0.384. The maximum Gasteiger partial charge on any atom is 0.269 e. The fraction of sp³-hybridized carbons (Fsp3) is 0.200. The average molecular weight is 307 g/mol. The highest BCUT2D eigenvalue weighted by molar-refractivity contribution is 6.30. The normalized spacial score (nSPS) is 12.1. The van der Waals surface area contributed by atoms with Crippen molar-refractivity contribution in [1.82, 2.24) is 5.32 Å². The fourth-order valence-corrected chi connectivity index (χ4v) is 2.06. The maximum absolute atomic E-state index is 10.7. The van der Waals surface area contributed by atoms with Gasteiger partial charge in [0.2, 0.25) is 0 Å². The molecule has 2 aromatic rings. The van der Waals surface area contributed by atoms with E-state index in [1.807, 2.05) is 0 Å². The van der Waals surface area contributed by atoms with Gasteiger partial charge in [0.05, 0.1) is 11.0 Å². The van der Waals surface area contributed by atoms with Crippen LogP contribution in [0.4, 0.5) is 5.69 Å². The van der Waals surface area contributed by atoms with Crippen molar-refractivity contribution in [3.8, 4) is 0 Å². The molecule has 0 amide bonds. The van der Waals surface area contributed by atoms with Crippen LogP contribution in [0.1, 0.15) is 17.2 Å². The second-order valence-electron chi connectivity index (χ2n) is 4.63. The number of nitro groups is 1. The summed E-state index contributed by atoms with van der Waals surface area (Å²) in [6.45, 7) is 0.802. The first-order chi connectivity index (χ1) is 10.1. The fourth-order valence-electron chi connectivity index (χ4n) is 1.94. The van der Waals surface area contributed by atoms with Crippen LogP contribution in [0, 0.1) is 10.1 Å². The number of benzene rings is 2. The van der Waals surface area contributed by atoms with E-state index in [1.54, 1.807) is 36.4 Å². The highest BCUT2D eigenvalue weighted by Gasteiger charge is 2.08. The number of hydrogen-bond acceptors (Lipinski definition) is 4. The second kappa shape index (κ2) is 7.17. The maximum atomic E-state index is 10.7. The van der Waals surface area contributed by atoms with Gasteiger partial charge in [-0.2, -0.15) is 0 Å². The van der Waals surface area contributed by atoms with Gasteiger partial charge in [-0.15, -0.1) is 0 Å². The van der Waals surface area contributed by atoms with Gasteiger partial charge in [0.15, 0.2) is 0 Å². The third kappa shape index (κ3) is 4.53. The Morgan fingerprint density at radius 1 is 1.24 bits per heavy atom. The third-order valence-electron chi connectivity index (χ3n) is 3.04. The Kier molecular flexibility index (Phi) is 5.27. The first kappa shape index (κ1) is 15.4. The summed E-state index contributed by atoms with van der Waals surface area (Å²) < 4.78 is 0. The van der Waals surface area contributed by atoms with Crippen LogP contribution < -0.4 is 5.32 Å². The Bertz CT molecular complexity index is 617. The molecule has 0 heterocycles. The average Bonchev–Trinajstić information content (AvgIpc) is 2.48. The van der Waals surface area contributed by atoms with Crippen LogP contribution >= 0.6 is 11.6 Å².